The molecule has 2 unspecified atom stereocenters. The fourth-order valence-electron chi connectivity index (χ4n) is 2.18. The van der Waals surface area contributed by atoms with Crippen molar-refractivity contribution in [3.8, 4) is 0 Å². The molecule has 0 radical (unpaired) electrons. The van der Waals surface area contributed by atoms with Crippen molar-refractivity contribution in [1.29, 1.82) is 0 Å². The minimum Gasteiger partial charge on any atom is -0.480 e. The van der Waals surface area contributed by atoms with E-state index in [1.54, 1.807) is 26.0 Å². The van der Waals surface area contributed by atoms with E-state index in [9.17, 15) is 13.2 Å². The number of ether oxygens (including phenoxy) is 1. The minimum atomic E-state index is -3.43. The third kappa shape index (κ3) is 2.59. The topological polar surface area (TPSA) is 75.7 Å². The lowest BCUT2D eigenvalue weighted by atomic mass is 9.91. The number of hydrogen-bond donors (Lipinski definition) is 2. The summed E-state index contributed by atoms with van der Waals surface area (Å²) in [7, 11) is -3.43. The van der Waals surface area contributed by atoms with Crippen LogP contribution >= 0.6 is 12.8 Å². The number of allylic oxidation sites excluding steroid dienone is 1. The average Bonchev–Trinajstić information content (AvgIpc) is 2.30. The molecule has 1 N–H and O–H groups in total. The number of amides is 1. The summed E-state index contributed by atoms with van der Waals surface area (Å²) in [6, 6.07) is -0.460. The molecule has 2 rings (SSSR count). The first-order valence-corrected chi connectivity index (χ1v) is 8.40. The quantitative estimate of drug-likeness (QED) is 0.739. The van der Waals surface area contributed by atoms with Crippen molar-refractivity contribution in [3.05, 3.63) is 23.6 Å². The fraction of sp³-hybridized carbons (Fsp3) is 0.583. The van der Waals surface area contributed by atoms with Crippen molar-refractivity contribution in [3.63, 3.8) is 0 Å². The molecule has 1 heterocycles. The summed E-state index contributed by atoms with van der Waals surface area (Å²) >= 11 is 4.06. The molecule has 0 aromatic heterocycles. The van der Waals surface area contributed by atoms with Gasteiger partial charge in [0.1, 0.15) is 5.76 Å². The molecule has 0 aromatic carbocycles. The Bertz CT molecular complexity index is 607. The molecule has 1 amide bonds. The van der Waals surface area contributed by atoms with Gasteiger partial charge < -0.3 is 10.1 Å². The number of nitrogens with zero attached hydrogens (tertiary/aromatic N) is 1. The van der Waals surface area contributed by atoms with Crippen LogP contribution in [0.25, 0.3) is 0 Å². The highest BCUT2D eigenvalue weighted by molar-refractivity contribution is 7.99. The molecule has 0 bridgehead atoms. The van der Waals surface area contributed by atoms with Gasteiger partial charge in [-0.1, -0.05) is 25.8 Å². The average molecular weight is 318 g/mol. The third-order valence-corrected chi connectivity index (χ3v) is 5.49. The monoisotopic (exact) mass is 318 g/mol. The molecule has 0 saturated heterocycles. The summed E-state index contributed by atoms with van der Waals surface area (Å²) in [5.41, 5.74) is -0.400. The molecule has 2 atom stereocenters. The van der Waals surface area contributed by atoms with Gasteiger partial charge in [-0.3, -0.25) is 4.79 Å². The van der Waals surface area contributed by atoms with E-state index in [-0.39, 0.29) is 11.8 Å². The van der Waals surface area contributed by atoms with Crippen LogP contribution in [0.15, 0.2) is 23.6 Å². The number of thiol groups is 1. The van der Waals surface area contributed by atoms with Crippen LogP contribution in [0.3, 0.4) is 0 Å². The van der Waals surface area contributed by atoms with Crippen molar-refractivity contribution >= 4 is 28.7 Å². The molecule has 1 aliphatic heterocycles. The summed E-state index contributed by atoms with van der Waals surface area (Å²) in [6.45, 7) is 5.17. The molecular formula is C12H18N2O4S2. The maximum atomic E-state index is 11.8. The normalized spacial score (nSPS) is 29.0. The maximum absolute atomic E-state index is 11.8. The Morgan fingerprint density at radius 3 is 2.60 bits per heavy atom. The van der Waals surface area contributed by atoms with Gasteiger partial charge in [0.25, 0.3) is 5.91 Å². The first-order valence-electron chi connectivity index (χ1n) is 6.15. The Morgan fingerprint density at radius 1 is 1.45 bits per heavy atom. The maximum Gasteiger partial charge on any atom is 0.268 e. The Morgan fingerprint density at radius 2 is 2.05 bits per heavy atom. The van der Waals surface area contributed by atoms with Crippen LogP contribution in [-0.4, -0.2) is 35.9 Å². The number of carbonyl (C=O) groups is 1. The first kappa shape index (κ1) is 15.4. The molecular weight excluding hydrogens is 300 g/mol. The van der Waals surface area contributed by atoms with E-state index in [1.165, 1.54) is 0 Å². The van der Waals surface area contributed by atoms with E-state index in [4.69, 9.17) is 4.74 Å². The molecule has 1 aliphatic carbocycles. The van der Waals surface area contributed by atoms with Gasteiger partial charge >= 0.3 is 0 Å². The van der Waals surface area contributed by atoms with E-state index in [1.807, 2.05) is 6.92 Å². The van der Waals surface area contributed by atoms with Crippen molar-refractivity contribution < 1.29 is 17.9 Å². The SMILES string of the molecule is CC1C2=C(C=CC1N(S)S(C)(=O)=O)NC(=O)C(C)(C)O2. The standard InChI is InChI=1S/C12H18N2O4S2/c1-7-9(14(19)20(4,16)17)6-5-8-10(7)18-12(2,3)11(15)13-8/h5-7,9,19H,1-4H3,(H,13,15). The Hall–Kier alpha value is -0.990. The van der Waals surface area contributed by atoms with Gasteiger partial charge in [0.05, 0.1) is 18.0 Å². The van der Waals surface area contributed by atoms with Crippen LogP contribution < -0.4 is 5.32 Å². The lowest BCUT2D eigenvalue weighted by molar-refractivity contribution is -0.141. The van der Waals surface area contributed by atoms with Gasteiger partial charge in [-0.15, -0.1) is 3.71 Å². The molecule has 0 aromatic rings. The second-order valence-corrected chi connectivity index (χ2v) is 8.08. The second-order valence-electron chi connectivity index (χ2n) is 5.52. The molecule has 20 heavy (non-hydrogen) atoms. The van der Waals surface area contributed by atoms with Crippen molar-refractivity contribution in [2.45, 2.75) is 32.4 Å². The lowest BCUT2D eigenvalue weighted by Crippen LogP contribution is -2.51. The van der Waals surface area contributed by atoms with Crippen LogP contribution in [0.1, 0.15) is 20.8 Å². The molecule has 2 aliphatic rings. The summed E-state index contributed by atoms with van der Waals surface area (Å²) in [5, 5.41) is 2.77. The van der Waals surface area contributed by atoms with Crippen LogP contribution in [0, 0.1) is 5.92 Å². The van der Waals surface area contributed by atoms with E-state index in [0.717, 1.165) is 9.97 Å². The Kier molecular flexibility index (Phi) is 3.68. The van der Waals surface area contributed by atoms with Crippen molar-refractivity contribution in [2.24, 2.45) is 5.92 Å². The highest BCUT2D eigenvalue weighted by Crippen LogP contribution is 2.35. The number of rotatable bonds is 2. The minimum absolute atomic E-state index is 0.225. The number of nitrogens with one attached hydrogen (secondary N) is 1. The highest BCUT2D eigenvalue weighted by atomic mass is 32.3. The zero-order valence-electron chi connectivity index (χ0n) is 11.7. The van der Waals surface area contributed by atoms with Gasteiger partial charge in [-0.2, -0.15) is 0 Å². The van der Waals surface area contributed by atoms with Crippen LogP contribution in [0.5, 0.6) is 0 Å². The van der Waals surface area contributed by atoms with Crippen LogP contribution in [0.2, 0.25) is 0 Å². The molecule has 8 heteroatoms. The largest absolute Gasteiger partial charge is 0.480 e. The zero-order chi connectivity index (χ0) is 15.3. The molecule has 0 fully saturated rings. The first-order chi connectivity index (χ1) is 9.04. The van der Waals surface area contributed by atoms with Crippen molar-refractivity contribution in [2.75, 3.05) is 6.26 Å². The predicted octanol–water partition coefficient (Wildman–Crippen LogP) is 0.804. The smallest absolute Gasteiger partial charge is 0.268 e. The van der Waals surface area contributed by atoms with Gasteiger partial charge in [0.15, 0.2) is 5.60 Å². The van der Waals surface area contributed by atoms with Crippen molar-refractivity contribution in [1.82, 2.24) is 9.03 Å². The molecule has 0 saturated carbocycles. The highest BCUT2D eigenvalue weighted by Gasteiger charge is 2.42. The number of hydrogen-bond acceptors (Lipinski definition) is 5. The Labute approximate surface area is 124 Å². The van der Waals surface area contributed by atoms with E-state index in [0.29, 0.717) is 11.5 Å². The Balaban J connectivity index is 2.34. The predicted molar refractivity (Wildman–Crippen MR) is 78.1 cm³/mol. The summed E-state index contributed by atoms with van der Waals surface area (Å²) in [5.74, 6) is 0.101. The molecule has 6 nitrogen and oxygen atoms in total. The number of sulfonamides is 1. The summed E-state index contributed by atoms with van der Waals surface area (Å²) in [4.78, 5) is 11.8. The van der Waals surface area contributed by atoms with Gasteiger partial charge in [-0.25, -0.2) is 8.42 Å². The summed E-state index contributed by atoms with van der Waals surface area (Å²) in [6.07, 6.45) is 4.44. The summed E-state index contributed by atoms with van der Waals surface area (Å²) < 4.78 is 30.0. The molecule has 112 valence electrons. The van der Waals surface area contributed by atoms with Gasteiger partial charge in [0.2, 0.25) is 10.0 Å². The van der Waals surface area contributed by atoms with Gasteiger partial charge in [-0.05, 0) is 19.9 Å². The molecule has 0 spiro atoms. The van der Waals surface area contributed by atoms with Crippen LogP contribution in [-0.2, 0) is 19.6 Å². The third-order valence-electron chi connectivity index (χ3n) is 3.41. The lowest BCUT2D eigenvalue weighted by Gasteiger charge is -2.40. The van der Waals surface area contributed by atoms with Gasteiger partial charge in [0, 0.05) is 5.92 Å². The van der Waals surface area contributed by atoms with E-state index >= 15 is 0 Å². The van der Waals surface area contributed by atoms with E-state index in [2.05, 4.69) is 18.1 Å². The second kappa shape index (κ2) is 4.78. The zero-order valence-corrected chi connectivity index (χ0v) is 13.5. The van der Waals surface area contributed by atoms with E-state index < -0.39 is 21.7 Å². The van der Waals surface area contributed by atoms with Crippen LogP contribution in [0.4, 0.5) is 0 Å². The number of carbonyl (C=O) groups excluding carboxylic acids is 1. The fourth-order valence-corrected chi connectivity index (χ4v) is 3.15.